The molecule has 0 aliphatic rings. The van der Waals surface area contributed by atoms with Gasteiger partial charge in [0.25, 0.3) is 5.69 Å². The lowest BCUT2D eigenvalue weighted by Crippen LogP contribution is -2.17. The Morgan fingerprint density at radius 2 is 1.82 bits per heavy atom. The molecule has 0 saturated carbocycles. The fourth-order valence-electron chi connectivity index (χ4n) is 2.96. The number of furan rings is 1. The molecule has 0 atom stereocenters. The van der Waals surface area contributed by atoms with Crippen LogP contribution in [0.5, 0.6) is 0 Å². The Balaban J connectivity index is 1.78. The number of aryl methyl sites for hydroxylation is 1. The normalized spacial score (nSPS) is 11.6. The highest BCUT2D eigenvalue weighted by atomic mass is 32.1. The van der Waals surface area contributed by atoms with E-state index in [0.717, 1.165) is 17.9 Å². The van der Waals surface area contributed by atoms with E-state index in [1.807, 2.05) is 40.3 Å². The van der Waals surface area contributed by atoms with Crippen molar-refractivity contribution in [2.45, 2.75) is 13.0 Å². The van der Waals surface area contributed by atoms with Crippen molar-refractivity contribution in [3.05, 3.63) is 98.9 Å². The Labute approximate surface area is 165 Å². The monoisotopic (exact) mass is 391 g/mol. The van der Waals surface area contributed by atoms with E-state index >= 15 is 0 Å². The summed E-state index contributed by atoms with van der Waals surface area (Å²) in [5, 5.41) is 13.3. The summed E-state index contributed by atoms with van der Waals surface area (Å²) in [5.74, 6) is 0.744. The molecule has 2 heterocycles. The van der Waals surface area contributed by atoms with Gasteiger partial charge in [-0.05, 0) is 30.2 Å². The van der Waals surface area contributed by atoms with Gasteiger partial charge in [-0.1, -0.05) is 42.5 Å². The number of benzene rings is 2. The highest BCUT2D eigenvalue weighted by molar-refractivity contribution is 7.07. The largest absolute Gasteiger partial charge is 0.463 e. The average molecular weight is 391 g/mol. The van der Waals surface area contributed by atoms with Gasteiger partial charge < -0.3 is 8.98 Å². The molecular weight excluding hydrogens is 374 g/mol. The van der Waals surface area contributed by atoms with Crippen molar-refractivity contribution in [2.75, 3.05) is 0 Å². The first kappa shape index (κ1) is 17.9. The van der Waals surface area contributed by atoms with Crippen LogP contribution in [0.25, 0.3) is 11.5 Å². The minimum absolute atomic E-state index is 0.00921. The van der Waals surface area contributed by atoms with Crippen LogP contribution in [0, 0.1) is 10.1 Å². The van der Waals surface area contributed by atoms with Crippen LogP contribution in [0.15, 0.2) is 87.8 Å². The molecule has 0 spiro atoms. The van der Waals surface area contributed by atoms with E-state index in [4.69, 9.17) is 4.42 Å². The second-order valence-electron chi connectivity index (χ2n) is 6.13. The molecule has 6 nitrogen and oxygen atoms in total. The number of hydrogen-bond acceptors (Lipinski definition) is 5. The Morgan fingerprint density at radius 1 is 1.04 bits per heavy atom. The molecule has 0 fully saturated rings. The number of nitro benzene ring substituents is 1. The molecule has 0 aliphatic carbocycles. The molecule has 0 amide bonds. The fourth-order valence-corrected chi connectivity index (χ4v) is 3.89. The van der Waals surface area contributed by atoms with Crippen molar-refractivity contribution in [3.8, 4) is 11.5 Å². The first-order valence-electron chi connectivity index (χ1n) is 8.76. The lowest BCUT2D eigenvalue weighted by atomic mass is 10.1. The number of nitrogens with zero attached hydrogens (tertiary/aromatic N) is 3. The van der Waals surface area contributed by atoms with E-state index in [2.05, 4.69) is 17.1 Å². The number of nitro groups is 1. The summed E-state index contributed by atoms with van der Waals surface area (Å²) in [6.07, 6.45) is 2.45. The van der Waals surface area contributed by atoms with Gasteiger partial charge in [0.15, 0.2) is 10.6 Å². The lowest BCUT2D eigenvalue weighted by molar-refractivity contribution is -0.384. The predicted molar refractivity (Wildman–Crippen MR) is 108 cm³/mol. The second-order valence-corrected chi connectivity index (χ2v) is 6.96. The molecule has 4 rings (SSSR count). The smallest absolute Gasteiger partial charge is 0.294 e. The Kier molecular flexibility index (Phi) is 5.16. The van der Waals surface area contributed by atoms with Crippen molar-refractivity contribution < 1.29 is 9.34 Å². The Morgan fingerprint density at radius 3 is 2.57 bits per heavy atom. The molecule has 140 valence electrons. The maximum absolute atomic E-state index is 11.3. The number of hydrogen-bond donors (Lipinski definition) is 0. The maximum atomic E-state index is 11.3. The molecule has 0 saturated heterocycles. The van der Waals surface area contributed by atoms with Gasteiger partial charge in [-0.15, -0.1) is 11.3 Å². The van der Waals surface area contributed by atoms with Crippen molar-refractivity contribution in [3.63, 3.8) is 0 Å². The van der Waals surface area contributed by atoms with E-state index in [1.165, 1.54) is 23.0 Å². The highest BCUT2D eigenvalue weighted by Gasteiger charge is 2.14. The second kappa shape index (κ2) is 8.06. The molecule has 0 N–H and O–H groups in total. The van der Waals surface area contributed by atoms with Crippen LogP contribution in [-0.2, 0) is 13.0 Å². The summed E-state index contributed by atoms with van der Waals surface area (Å²) in [5.41, 5.74) is 2.45. The quantitative estimate of drug-likeness (QED) is 0.335. The molecule has 2 aromatic carbocycles. The molecular formula is C21H17N3O3S. The van der Waals surface area contributed by atoms with Crippen LogP contribution in [0.1, 0.15) is 5.56 Å². The van der Waals surface area contributed by atoms with Crippen LogP contribution < -0.4 is 4.80 Å². The first-order chi connectivity index (χ1) is 13.7. The van der Waals surface area contributed by atoms with Crippen LogP contribution in [0.3, 0.4) is 0 Å². The summed E-state index contributed by atoms with van der Waals surface area (Å²) in [7, 11) is 0. The van der Waals surface area contributed by atoms with E-state index in [9.17, 15) is 10.1 Å². The van der Waals surface area contributed by atoms with Crippen LogP contribution in [0.4, 0.5) is 11.4 Å². The summed E-state index contributed by atoms with van der Waals surface area (Å²) in [6, 6.07) is 20.4. The number of para-hydroxylation sites is 2. The summed E-state index contributed by atoms with van der Waals surface area (Å²) >= 11 is 1.44. The number of aromatic nitrogens is 1. The van der Waals surface area contributed by atoms with Gasteiger partial charge in [0.05, 0.1) is 16.9 Å². The van der Waals surface area contributed by atoms with E-state index in [0.29, 0.717) is 17.0 Å². The van der Waals surface area contributed by atoms with Gasteiger partial charge in [0.2, 0.25) is 0 Å². The summed E-state index contributed by atoms with van der Waals surface area (Å²) in [6.45, 7) is 0.684. The standard InChI is InChI=1S/C21H17N3O3S/c25-24(26)18-10-5-4-9-17(18)22-21-23(13-12-16-7-2-1-3-8-16)19(15-28-21)20-11-6-14-27-20/h1-11,14-15H,12-13H2. The van der Waals surface area contributed by atoms with Gasteiger partial charge in [0, 0.05) is 18.0 Å². The minimum atomic E-state index is -0.409. The molecule has 0 unspecified atom stereocenters. The van der Waals surface area contributed by atoms with E-state index < -0.39 is 4.92 Å². The Bertz CT molecular complexity index is 1150. The average Bonchev–Trinajstić information content (AvgIpc) is 3.37. The third-order valence-electron chi connectivity index (χ3n) is 4.33. The van der Waals surface area contributed by atoms with Crippen LogP contribution >= 0.6 is 11.3 Å². The first-order valence-corrected chi connectivity index (χ1v) is 9.64. The van der Waals surface area contributed by atoms with Crippen molar-refractivity contribution in [2.24, 2.45) is 4.99 Å². The molecule has 0 radical (unpaired) electrons. The number of rotatable bonds is 6. The summed E-state index contributed by atoms with van der Waals surface area (Å²) in [4.78, 5) is 16.2. The Hall–Kier alpha value is -3.45. The molecule has 2 aromatic heterocycles. The van der Waals surface area contributed by atoms with Gasteiger partial charge in [-0.2, -0.15) is 0 Å². The SMILES string of the molecule is O=[N+]([O-])c1ccccc1N=c1scc(-c2ccco2)n1CCc1ccccc1. The predicted octanol–water partition coefficient (Wildman–Crippen LogP) is 5.19. The van der Waals surface area contributed by atoms with E-state index in [1.54, 1.807) is 24.5 Å². The van der Waals surface area contributed by atoms with Gasteiger partial charge in [-0.3, -0.25) is 10.1 Å². The minimum Gasteiger partial charge on any atom is -0.463 e. The molecule has 28 heavy (non-hydrogen) atoms. The molecule has 0 bridgehead atoms. The highest BCUT2D eigenvalue weighted by Crippen LogP contribution is 2.27. The number of thiazole rings is 1. The van der Waals surface area contributed by atoms with Crippen molar-refractivity contribution >= 4 is 22.7 Å². The topological polar surface area (TPSA) is 73.6 Å². The summed E-state index contributed by atoms with van der Waals surface area (Å²) < 4.78 is 7.62. The van der Waals surface area contributed by atoms with Crippen LogP contribution in [-0.4, -0.2) is 9.49 Å². The lowest BCUT2D eigenvalue weighted by Gasteiger charge is -2.08. The van der Waals surface area contributed by atoms with Crippen LogP contribution in [0.2, 0.25) is 0 Å². The fraction of sp³-hybridized carbons (Fsp3) is 0.0952. The zero-order valence-electron chi connectivity index (χ0n) is 14.9. The third-order valence-corrected chi connectivity index (χ3v) is 5.20. The molecule has 4 aromatic rings. The molecule has 7 heteroatoms. The van der Waals surface area contributed by atoms with Gasteiger partial charge in [0.1, 0.15) is 5.69 Å². The molecule has 0 aliphatic heterocycles. The van der Waals surface area contributed by atoms with Crippen molar-refractivity contribution in [1.82, 2.24) is 4.57 Å². The van der Waals surface area contributed by atoms with Crippen molar-refractivity contribution in [1.29, 1.82) is 0 Å². The zero-order valence-corrected chi connectivity index (χ0v) is 15.7. The van der Waals surface area contributed by atoms with Gasteiger partial charge >= 0.3 is 0 Å². The maximum Gasteiger partial charge on any atom is 0.294 e. The van der Waals surface area contributed by atoms with E-state index in [-0.39, 0.29) is 5.69 Å². The third kappa shape index (κ3) is 3.79. The van der Waals surface area contributed by atoms with Gasteiger partial charge in [-0.25, -0.2) is 4.99 Å². The zero-order chi connectivity index (χ0) is 19.3.